The summed E-state index contributed by atoms with van der Waals surface area (Å²) in [7, 11) is 1.37. The van der Waals surface area contributed by atoms with Gasteiger partial charge in [0.2, 0.25) is 0 Å². The maximum absolute atomic E-state index is 13.9. The Balaban J connectivity index is 2.49. The first-order valence-corrected chi connectivity index (χ1v) is 5.43. The molecule has 0 saturated carbocycles. The monoisotopic (exact) mass is 253 g/mol. The summed E-state index contributed by atoms with van der Waals surface area (Å²) in [6.45, 7) is 0. The molecule has 0 aliphatic carbocycles. The number of nitrogens with zero attached hydrogens (tertiary/aromatic N) is 1. The number of hydrogen-bond acceptors (Lipinski definition) is 4. The molecule has 2 aromatic rings. The van der Waals surface area contributed by atoms with E-state index < -0.39 is 11.8 Å². The lowest BCUT2D eigenvalue weighted by Crippen LogP contribution is -1.94. The van der Waals surface area contributed by atoms with E-state index in [9.17, 15) is 9.18 Å². The van der Waals surface area contributed by atoms with Crippen molar-refractivity contribution in [3.8, 4) is 16.2 Å². The zero-order chi connectivity index (χ0) is 12.4. The zero-order valence-electron chi connectivity index (χ0n) is 8.81. The van der Waals surface area contributed by atoms with Crippen molar-refractivity contribution >= 4 is 17.5 Å². The van der Waals surface area contributed by atoms with E-state index in [0.717, 1.165) is 11.5 Å². The van der Waals surface area contributed by atoms with Crippen LogP contribution in [0.15, 0.2) is 24.3 Å². The zero-order valence-corrected chi connectivity index (χ0v) is 9.62. The molecule has 1 aromatic carbocycles. The van der Waals surface area contributed by atoms with Crippen LogP contribution in [0.2, 0.25) is 0 Å². The molecule has 0 spiro atoms. The van der Waals surface area contributed by atoms with Crippen LogP contribution < -0.4 is 4.74 Å². The number of carbonyl (C=O) groups is 1. The number of methoxy groups -OCH3 is 1. The van der Waals surface area contributed by atoms with Crippen LogP contribution in [0.1, 0.15) is 10.5 Å². The number of rotatable bonds is 3. The van der Waals surface area contributed by atoms with Crippen LogP contribution in [0.25, 0.3) is 10.4 Å². The Morgan fingerprint density at radius 1 is 1.53 bits per heavy atom. The Bertz CT molecular complexity index is 568. The van der Waals surface area contributed by atoms with E-state index in [2.05, 4.69) is 4.37 Å². The lowest BCUT2D eigenvalue weighted by Gasteiger charge is -2.04. The highest BCUT2D eigenvalue weighted by Crippen LogP contribution is 2.31. The average Bonchev–Trinajstić information content (AvgIpc) is 2.78. The van der Waals surface area contributed by atoms with Gasteiger partial charge in [0, 0.05) is 5.56 Å². The second-order valence-electron chi connectivity index (χ2n) is 3.20. The summed E-state index contributed by atoms with van der Waals surface area (Å²) < 4.78 is 22.5. The summed E-state index contributed by atoms with van der Waals surface area (Å²) in [6, 6.07) is 6.03. The van der Waals surface area contributed by atoms with Gasteiger partial charge in [-0.1, -0.05) is 12.1 Å². The van der Waals surface area contributed by atoms with Gasteiger partial charge < -0.3 is 9.84 Å². The molecule has 0 aliphatic heterocycles. The highest BCUT2D eigenvalue weighted by Gasteiger charge is 2.15. The highest BCUT2D eigenvalue weighted by atomic mass is 32.1. The molecule has 0 radical (unpaired) electrons. The second kappa shape index (κ2) is 4.50. The van der Waals surface area contributed by atoms with Crippen molar-refractivity contribution < 1.29 is 19.0 Å². The van der Waals surface area contributed by atoms with Crippen molar-refractivity contribution in [2.75, 3.05) is 7.11 Å². The van der Waals surface area contributed by atoms with E-state index in [1.54, 1.807) is 12.1 Å². The third kappa shape index (κ3) is 2.12. The SMILES string of the molecule is COc1cccc(-c2cc(C(=O)O)ns2)c1F. The van der Waals surface area contributed by atoms with Gasteiger partial charge in [0.15, 0.2) is 17.3 Å². The summed E-state index contributed by atoms with van der Waals surface area (Å²) in [5.74, 6) is -1.53. The molecule has 0 aliphatic rings. The molecule has 0 atom stereocenters. The van der Waals surface area contributed by atoms with Gasteiger partial charge >= 0.3 is 5.97 Å². The van der Waals surface area contributed by atoms with E-state index in [4.69, 9.17) is 9.84 Å². The number of benzene rings is 1. The van der Waals surface area contributed by atoms with Crippen molar-refractivity contribution in [2.24, 2.45) is 0 Å². The van der Waals surface area contributed by atoms with Crippen LogP contribution in [-0.4, -0.2) is 22.6 Å². The molecular weight excluding hydrogens is 245 g/mol. The molecule has 0 saturated heterocycles. The van der Waals surface area contributed by atoms with E-state index >= 15 is 0 Å². The molecule has 2 rings (SSSR count). The van der Waals surface area contributed by atoms with Gasteiger partial charge in [0.1, 0.15) is 0 Å². The number of ether oxygens (including phenoxy) is 1. The minimum absolute atomic E-state index is 0.0905. The molecule has 0 unspecified atom stereocenters. The van der Waals surface area contributed by atoms with Crippen molar-refractivity contribution in [3.05, 3.63) is 35.8 Å². The minimum Gasteiger partial charge on any atom is -0.494 e. The quantitative estimate of drug-likeness (QED) is 0.913. The lowest BCUT2D eigenvalue weighted by molar-refractivity contribution is 0.0692. The molecule has 1 heterocycles. The smallest absolute Gasteiger partial charge is 0.355 e. The first-order valence-electron chi connectivity index (χ1n) is 4.66. The maximum Gasteiger partial charge on any atom is 0.355 e. The van der Waals surface area contributed by atoms with Gasteiger partial charge in [-0.25, -0.2) is 9.18 Å². The van der Waals surface area contributed by atoms with Crippen molar-refractivity contribution in [1.82, 2.24) is 4.37 Å². The summed E-state index contributed by atoms with van der Waals surface area (Å²) in [5.41, 5.74) is 0.196. The number of carboxylic acid groups (broad SMARTS) is 1. The Morgan fingerprint density at radius 3 is 2.88 bits per heavy atom. The third-order valence-corrected chi connectivity index (χ3v) is 3.00. The lowest BCUT2D eigenvalue weighted by atomic mass is 10.1. The van der Waals surface area contributed by atoms with Gasteiger partial charge in [-0.05, 0) is 23.7 Å². The Kier molecular flexibility index (Phi) is 3.06. The standard InChI is InChI=1S/C11H8FNO3S/c1-16-8-4-2-3-6(10(8)12)9-5-7(11(14)15)13-17-9/h2-5H,1H3,(H,14,15). The molecule has 0 fully saturated rings. The molecule has 0 amide bonds. The first kappa shape index (κ1) is 11.5. The summed E-state index contributed by atoms with van der Waals surface area (Å²) in [6.07, 6.45) is 0. The fourth-order valence-corrected chi connectivity index (χ4v) is 2.11. The Labute approximate surface area is 100 Å². The van der Waals surface area contributed by atoms with E-state index in [-0.39, 0.29) is 17.0 Å². The van der Waals surface area contributed by atoms with Crippen LogP contribution in [0.4, 0.5) is 4.39 Å². The van der Waals surface area contributed by atoms with E-state index in [1.807, 2.05) is 0 Å². The molecule has 4 nitrogen and oxygen atoms in total. The number of aromatic nitrogens is 1. The molecule has 6 heteroatoms. The Morgan fingerprint density at radius 2 is 2.29 bits per heavy atom. The molecule has 1 aromatic heterocycles. The first-order chi connectivity index (χ1) is 8.13. The number of hydrogen-bond donors (Lipinski definition) is 1. The average molecular weight is 253 g/mol. The van der Waals surface area contributed by atoms with Gasteiger partial charge in [-0.2, -0.15) is 4.37 Å². The fraction of sp³-hybridized carbons (Fsp3) is 0.0909. The molecule has 1 N–H and O–H groups in total. The summed E-state index contributed by atoms with van der Waals surface area (Å²) >= 11 is 0.938. The van der Waals surface area contributed by atoms with Crippen LogP contribution in [0.3, 0.4) is 0 Å². The number of halogens is 1. The van der Waals surface area contributed by atoms with E-state index in [1.165, 1.54) is 19.2 Å². The normalized spacial score (nSPS) is 10.2. The van der Waals surface area contributed by atoms with Crippen molar-refractivity contribution in [1.29, 1.82) is 0 Å². The second-order valence-corrected chi connectivity index (χ2v) is 4.01. The largest absolute Gasteiger partial charge is 0.494 e. The molecule has 17 heavy (non-hydrogen) atoms. The highest BCUT2D eigenvalue weighted by molar-refractivity contribution is 7.09. The van der Waals surface area contributed by atoms with Crippen LogP contribution in [0, 0.1) is 5.82 Å². The molecular formula is C11H8FNO3S. The molecule has 0 bridgehead atoms. The van der Waals surface area contributed by atoms with Crippen LogP contribution in [0.5, 0.6) is 5.75 Å². The maximum atomic E-state index is 13.9. The Hall–Kier alpha value is -1.95. The van der Waals surface area contributed by atoms with Crippen molar-refractivity contribution in [3.63, 3.8) is 0 Å². The van der Waals surface area contributed by atoms with Gasteiger partial charge in [-0.15, -0.1) is 0 Å². The van der Waals surface area contributed by atoms with Gasteiger partial charge in [-0.3, -0.25) is 0 Å². The van der Waals surface area contributed by atoms with Gasteiger partial charge in [0.05, 0.1) is 12.0 Å². The predicted molar refractivity (Wildman–Crippen MR) is 61.0 cm³/mol. The fourth-order valence-electron chi connectivity index (χ4n) is 1.36. The van der Waals surface area contributed by atoms with Gasteiger partial charge in [0.25, 0.3) is 0 Å². The summed E-state index contributed by atoms with van der Waals surface area (Å²) in [4.78, 5) is 11.1. The number of aromatic carboxylic acids is 1. The van der Waals surface area contributed by atoms with Crippen LogP contribution >= 0.6 is 11.5 Å². The minimum atomic E-state index is -1.13. The summed E-state index contributed by atoms with van der Waals surface area (Å²) in [5, 5.41) is 8.74. The number of carboxylic acids is 1. The third-order valence-electron chi connectivity index (χ3n) is 2.18. The topological polar surface area (TPSA) is 59.4 Å². The predicted octanol–water partition coefficient (Wildman–Crippen LogP) is 2.66. The van der Waals surface area contributed by atoms with Crippen molar-refractivity contribution in [2.45, 2.75) is 0 Å². The molecule has 88 valence electrons. The van der Waals surface area contributed by atoms with Crippen LogP contribution in [-0.2, 0) is 0 Å². The van der Waals surface area contributed by atoms with E-state index in [0.29, 0.717) is 4.88 Å².